The molecule has 1 amide bonds. The third kappa shape index (κ3) is 3.47. The number of amides is 1. The zero-order chi connectivity index (χ0) is 15.2. The van der Waals surface area contributed by atoms with Gasteiger partial charge < -0.3 is 14.8 Å². The highest BCUT2D eigenvalue weighted by molar-refractivity contribution is 6.33. The van der Waals surface area contributed by atoms with E-state index >= 15 is 0 Å². The summed E-state index contributed by atoms with van der Waals surface area (Å²) in [5, 5.41) is 3.25. The van der Waals surface area contributed by atoms with Crippen molar-refractivity contribution in [3.05, 3.63) is 58.6 Å². The van der Waals surface area contributed by atoms with E-state index in [1.807, 2.05) is 12.1 Å². The molecule has 0 saturated heterocycles. The molecule has 0 aromatic heterocycles. The molecule has 0 fully saturated rings. The van der Waals surface area contributed by atoms with Gasteiger partial charge in [0.1, 0.15) is 0 Å². The van der Waals surface area contributed by atoms with Gasteiger partial charge in [0.05, 0.1) is 24.8 Å². The Balaban J connectivity index is 2.14. The lowest BCUT2D eigenvalue weighted by molar-refractivity contribution is 0.0950. The lowest BCUT2D eigenvalue weighted by atomic mass is 10.1. The van der Waals surface area contributed by atoms with Crippen LogP contribution in [-0.4, -0.2) is 20.1 Å². The summed E-state index contributed by atoms with van der Waals surface area (Å²) in [5.74, 6) is 1.01. The number of ether oxygens (including phenoxy) is 2. The van der Waals surface area contributed by atoms with Crippen molar-refractivity contribution in [1.82, 2.24) is 5.32 Å². The second-order valence-electron chi connectivity index (χ2n) is 4.32. The minimum absolute atomic E-state index is 0.231. The molecule has 2 aromatic carbocycles. The van der Waals surface area contributed by atoms with Gasteiger partial charge >= 0.3 is 0 Å². The number of benzene rings is 2. The Bertz CT molecular complexity index is 643. The fourth-order valence-electron chi connectivity index (χ4n) is 2.01. The maximum absolute atomic E-state index is 12.1. The van der Waals surface area contributed by atoms with Crippen LogP contribution in [0.15, 0.2) is 42.5 Å². The zero-order valence-electron chi connectivity index (χ0n) is 11.9. The van der Waals surface area contributed by atoms with Gasteiger partial charge in [0.2, 0.25) is 0 Å². The Morgan fingerprint density at radius 2 is 1.86 bits per heavy atom. The van der Waals surface area contributed by atoms with Crippen molar-refractivity contribution in [2.45, 2.75) is 6.54 Å². The predicted octanol–water partition coefficient (Wildman–Crippen LogP) is 3.29. The molecule has 0 atom stereocenters. The smallest absolute Gasteiger partial charge is 0.253 e. The molecule has 2 aromatic rings. The number of methoxy groups -OCH3 is 2. The van der Waals surface area contributed by atoms with Crippen LogP contribution in [0.4, 0.5) is 0 Å². The molecule has 0 unspecified atom stereocenters. The molecule has 0 aliphatic rings. The molecule has 0 aliphatic heterocycles. The van der Waals surface area contributed by atoms with Gasteiger partial charge in [-0.25, -0.2) is 0 Å². The Kier molecular flexibility index (Phi) is 5.06. The van der Waals surface area contributed by atoms with E-state index in [9.17, 15) is 4.79 Å². The Morgan fingerprint density at radius 1 is 1.10 bits per heavy atom. The normalized spacial score (nSPS) is 10.0. The van der Waals surface area contributed by atoms with E-state index in [0.717, 1.165) is 5.56 Å². The topological polar surface area (TPSA) is 47.6 Å². The van der Waals surface area contributed by atoms with Crippen molar-refractivity contribution < 1.29 is 14.3 Å². The third-order valence-corrected chi connectivity index (χ3v) is 3.37. The SMILES string of the molecule is COc1cccc(CNC(=O)c2ccccc2Cl)c1OC. The summed E-state index contributed by atoms with van der Waals surface area (Å²) in [6.07, 6.45) is 0. The van der Waals surface area contributed by atoms with Gasteiger partial charge in [0.15, 0.2) is 11.5 Å². The highest BCUT2D eigenvalue weighted by Gasteiger charge is 2.12. The van der Waals surface area contributed by atoms with Crippen molar-refractivity contribution >= 4 is 17.5 Å². The number of hydrogen-bond donors (Lipinski definition) is 1. The number of nitrogens with one attached hydrogen (secondary N) is 1. The summed E-state index contributed by atoms with van der Waals surface area (Å²) in [7, 11) is 3.14. The minimum atomic E-state index is -0.231. The summed E-state index contributed by atoms with van der Waals surface area (Å²) in [6.45, 7) is 0.324. The van der Waals surface area contributed by atoms with Gasteiger partial charge in [-0.1, -0.05) is 35.9 Å². The van der Waals surface area contributed by atoms with Crippen LogP contribution in [0.3, 0.4) is 0 Å². The van der Waals surface area contributed by atoms with Crippen LogP contribution in [0.1, 0.15) is 15.9 Å². The van der Waals surface area contributed by atoms with Gasteiger partial charge in [0.25, 0.3) is 5.91 Å². The molecule has 1 N–H and O–H groups in total. The molecule has 21 heavy (non-hydrogen) atoms. The number of para-hydroxylation sites is 1. The van der Waals surface area contributed by atoms with E-state index in [4.69, 9.17) is 21.1 Å². The van der Waals surface area contributed by atoms with Crippen molar-refractivity contribution in [3.63, 3.8) is 0 Å². The molecular formula is C16H16ClNO3. The first kappa shape index (κ1) is 15.2. The summed E-state index contributed by atoms with van der Waals surface area (Å²) in [5.41, 5.74) is 1.28. The number of carbonyl (C=O) groups excluding carboxylic acids is 1. The standard InChI is InChI=1S/C16H16ClNO3/c1-20-14-9-5-6-11(15(14)21-2)10-18-16(19)12-7-3-4-8-13(12)17/h3-9H,10H2,1-2H3,(H,18,19). The van der Waals surface area contributed by atoms with Gasteiger partial charge in [-0.05, 0) is 18.2 Å². The fourth-order valence-corrected chi connectivity index (χ4v) is 2.23. The van der Waals surface area contributed by atoms with Gasteiger partial charge in [0, 0.05) is 12.1 Å². The Hall–Kier alpha value is -2.20. The molecule has 2 rings (SSSR count). The third-order valence-electron chi connectivity index (χ3n) is 3.04. The first-order valence-corrected chi connectivity index (χ1v) is 6.77. The molecule has 110 valence electrons. The van der Waals surface area contributed by atoms with E-state index in [-0.39, 0.29) is 5.91 Å². The van der Waals surface area contributed by atoms with Crippen LogP contribution in [0.25, 0.3) is 0 Å². The predicted molar refractivity (Wildman–Crippen MR) is 82.2 cm³/mol. The molecule has 0 spiro atoms. The average molecular weight is 306 g/mol. The van der Waals surface area contributed by atoms with Gasteiger partial charge in [-0.3, -0.25) is 4.79 Å². The first-order valence-electron chi connectivity index (χ1n) is 6.40. The molecule has 5 heteroatoms. The van der Waals surface area contributed by atoms with E-state index in [1.165, 1.54) is 0 Å². The van der Waals surface area contributed by atoms with Crippen LogP contribution in [0.5, 0.6) is 11.5 Å². The van der Waals surface area contributed by atoms with Gasteiger partial charge in [-0.2, -0.15) is 0 Å². The number of hydrogen-bond acceptors (Lipinski definition) is 3. The average Bonchev–Trinajstić information content (AvgIpc) is 2.52. The van der Waals surface area contributed by atoms with E-state index in [1.54, 1.807) is 44.6 Å². The molecular weight excluding hydrogens is 290 g/mol. The molecule has 0 saturated carbocycles. The van der Waals surface area contributed by atoms with E-state index in [2.05, 4.69) is 5.32 Å². The number of halogens is 1. The fraction of sp³-hybridized carbons (Fsp3) is 0.188. The van der Waals surface area contributed by atoms with Crippen molar-refractivity contribution in [2.24, 2.45) is 0 Å². The van der Waals surface area contributed by atoms with Crippen LogP contribution in [0.2, 0.25) is 5.02 Å². The van der Waals surface area contributed by atoms with Crippen molar-refractivity contribution in [2.75, 3.05) is 14.2 Å². The summed E-state index contributed by atoms with van der Waals surface area (Å²) in [6, 6.07) is 12.4. The molecule has 0 bridgehead atoms. The zero-order valence-corrected chi connectivity index (χ0v) is 12.6. The van der Waals surface area contributed by atoms with Crippen LogP contribution < -0.4 is 14.8 Å². The van der Waals surface area contributed by atoms with E-state index < -0.39 is 0 Å². The molecule has 0 radical (unpaired) electrons. The Morgan fingerprint density at radius 3 is 2.52 bits per heavy atom. The van der Waals surface area contributed by atoms with Crippen molar-refractivity contribution in [3.8, 4) is 11.5 Å². The van der Waals surface area contributed by atoms with Crippen LogP contribution >= 0.6 is 11.6 Å². The Labute approximate surface area is 128 Å². The second-order valence-corrected chi connectivity index (χ2v) is 4.72. The second kappa shape index (κ2) is 6.99. The lowest BCUT2D eigenvalue weighted by Crippen LogP contribution is -2.23. The minimum Gasteiger partial charge on any atom is -0.493 e. The highest BCUT2D eigenvalue weighted by Crippen LogP contribution is 2.30. The monoisotopic (exact) mass is 305 g/mol. The van der Waals surface area contributed by atoms with Crippen LogP contribution in [0, 0.1) is 0 Å². The van der Waals surface area contributed by atoms with Crippen LogP contribution in [-0.2, 0) is 6.54 Å². The largest absolute Gasteiger partial charge is 0.493 e. The lowest BCUT2D eigenvalue weighted by Gasteiger charge is -2.13. The summed E-state index contributed by atoms with van der Waals surface area (Å²) >= 11 is 6.00. The summed E-state index contributed by atoms with van der Waals surface area (Å²) in [4.78, 5) is 12.1. The molecule has 0 heterocycles. The highest BCUT2D eigenvalue weighted by atomic mass is 35.5. The van der Waals surface area contributed by atoms with Crippen molar-refractivity contribution in [1.29, 1.82) is 0 Å². The number of rotatable bonds is 5. The maximum Gasteiger partial charge on any atom is 0.253 e. The summed E-state index contributed by atoms with van der Waals surface area (Å²) < 4.78 is 10.6. The molecule has 4 nitrogen and oxygen atoms in total. The van der Waals surface area contributed by atoms with E-state index in [0.29, 0.717) is 28.6 Å². The molecule has 0 aliphatic carbocycles. The first-order chi connectivity index (χ1) is 10.2. The van der Waals surface area contributed by atoms with Gasteiger partial charge in [-0.15, -0.1) is 0 Å². The maximum atomic E-state index is 12.1. The quantitative estimate of drug-likeness (QED) is 0.922. The number of carbonyl (C=O) groups is 1.